The minimum atomic E-state index is -0.636. The highest BCUT2D eigenvalue weighted by Gasteiger charge is 2.13. The smallest absolute Gasteiger partial charge is 0.335 e. The van der Waals surface area contributed by atoms with Gasteiger partial charge in [-0.2, -0.15) is 5.10 Å². The number of carbonyl (C=O) groups is 1. The first kappa shape index (κ1) is 14.6. The number of carbonyl (C=O) groups excluding carboxylic acids is 1. The van der Waals surface area contributed by atoms with Crippen molar-refractivity contribution in [2.75, 3.05) is 0 Å². The Morgan fingerprint density at radius 2 is 1.84 bits per heavy atom. The van der Waals surface area contributed by atoms with Crippen molar-refractivity contribution in [3.8, 4) is 17.2 Å². The molecule has 19 heavy (non-hydrogen) atoms. The summed E-state index contributed by atoms with van der Waals surface area (Å²) in [5.41, 5.74) is 1.98. The van der Waals surface area contributed by atoms with Crippen LogP contribution in [-0.4, -0.2) is 33.1 Å². The average Bonchev–Trinajstić information content (AvgIpc) is 2.27. The van der Waals surface area contributed by atoms with Crippen LogP contribution in [0.1, 0.15) is 26.3 Å². The lowest BCUT2D eigenvalue weighted by Crippen LogP contribution is -2.44. The Bertz CT molecular complexity index is 506. The molecule has 0 bridgehead atoms. The first-order valence-corrected chi connectivity index (χ1v) is 5.56. The molecule has 0 fully saturated rings. The number of phenols is 3. The van der Waals surface area contributed by atoms with Crippen LogP contribution in [0, 0.1) is 0 Å². The van der Waals surface area contributed by atoms with Crippen molar-refractivity contribution in [1.29, 1.82) is 0 Å². The predicted molar refractivity (Wildman–Crippen MR) is 70.5 cm³/mol. The van der Waals surface area contributed by atoms with Crippen LogP contribution in [0.5, 0.6) is 17.2 Å². The molecule has 0 atom stereocenters. The zero-order valence-corrected chi connectivity index (χ0v) is 10.9. The number of phenolic OH excluding ortho intramolecular Hbond substituents is 3. The van der Waals surface area contributed by atoms with Crippen LogP contribution in [0.3, 0.4) is 0 Å². The molecular weight excluding hydrogens is 250 g/mol. The Hall–Kier alpha value is -2.44. The maximum atomic E-state index is 11.4. The van der Waals surface area contributed by atoms with E-state index >= 15 is 0 Å². The minimum Gasteiger partial charge on any atom is -0.504 e. The Balaban J connectivity index is 2.68. The van der Waals surface area contributed by atoms with Crippen molar-refractivity contribution < 1.29 is 20.1 Å². The molecule has 0 saturated carbocycles. The number of aromatic hydroxyl groups is 3. The fraction of sp³-hybridized carbons (Fsp3) is 0.333. The molecule has 104 valence electrons. The number of nitrogens with one attached hydrogen (secondary N) is 2. The fourth-order valence-electron chi connectivity index (χ4n) is 1.22. The third kappa shape index (κ3) is 4.38. The van der Waals surface area contributed by atoms with Crippen molar-refractivity contribution in [3.63, 3.8) is 0 Å². The minimum absolute atomic E-state index is 0.159. The fourth-order valence-corrected chi connectivity index (χ4v) is 1.22. The monoisotopic (exact) mass is 267 g/mol. The van der Waals surface area contributed by atoms with Crippen LogP contribution in [-0.2, 0) is 0 Å². The van der Waals surface area contributed by atoms with Gasteiger partial charge in [0.1, 0.15) is 0 Å². The van der Waals surface area contributed by atoms with Gasteiger partial charge in [-0.05, 0) is 32.9 Å². The van der Waals surface area contributed by atoms with E-state index in [1.54, 1.807) is 0 Å². The third-order valence-electron chi connectivity index (χ3n) is 2.02. The van der Waals surface area contributed by atoms with Gasteiger partial charge in [0.2, 0.25) is 5.75 Å². The van der Waals surface area contributed by atoms with Crippen molar-refractivity contribution in [3.05, 3.63) is 17.7 Å². The van der Waals surface area contributed by atoms with Crippen molar-refractivity contribution in [1.82, 2.24) is 10.7 Å². The molecule has 0 aromatic heterocycles. The molecule has 0 unspecified atom stereocenters. The van der Waals surface area contributed by atoms with Gasteiger partial charge < -0.3 is 20.6 Å². The normalized spacial score (nSPS) is 11.5. The molecule has 5 N–H and O–H groups in total. The van der Waals surface area contributed by atoms with Crippen molar-refractivity contribution in [2.45, 2.75) is 26.3 Å². The highest BCUT2D eigenvalue weighted by atomic mass is 16.3. The number of hydrogen-bond acceptors (Lipinski definition) is 5. The van der Waals surface area contributed by atoms with Crippen LogP contribution < -0.4 is 10.7 Å². The highest BCUT2D eigenvalue weighted by Crippen LogP contribution is 2.36. The summed E-state index contributed by atoms with van der Waals surface area (Å²) in [4.78, 5) is 11.4. The first-order valence-electron chi connectivity index (χ1n) is 5.56. The standard InChI is InChI=1S/C12H17N3O4/c1-12(2,3)14-11(19)15-13-6-7-4-5-8(16)10(18)9(7)17/h4-6,16-18H,1-3H3,(H2,14,15,19)/b13-6+. The second kappa shape index (κ2) is 5.47. The van der Waals surface area contributed by atoms with E-state index < -0.39 is 28.8 Å². The summed E-state index contributed by atoms with van der Waals surface area (Å²) in [6, 6.07) is 2.05. The maximum absolute atomic E-state index is 11.4. The molecule has 0 spiro atoms. The number of hydrogen-bond donors (Lipinski definition) is 5. The van der Waals surface area contributed by atoms with E-state index in [0.717, 1.165) is 6.21 Å². The summed E-state index contributed by atoms with van der Waals surface area (Å²) in [5, 5.41) is 34.2. The van der Waals surface area contributed by atoms with Gasteiger partial charge in [-0.15, -0.1) is 0 Å². The quantitative estimate of drug-likeness (QED) is 0.315. The van der Waals surface area contributed by atoms with Gasteiger partial charge in [-0.25, -0.2) is 10.2 Å². The summed E-state index contributed by atoms with van der Waals surface area (Å²) >= 11 is 0. The molecule has 0 saturated heterocycles. The van der Waals surface area contributed by atoms with Gasteiger partial charge in [0.05, 0.1) is 6.21 Å². The van der Waals surface area contributed by atoms with Gasteiger partial charge in [-0.1, -0.05) is 0 Å². The third-order valence-corrected chi connectivity index (χ3v) is 2.02. The number of rotatable bonds is 2. The van der Waals surface area contributed by atoms with Gasteiger partial charge in [0, 0.05) is 11.1 Å². The van der Waals surface area contributed by atoms with E-state index in [-0.39, 0.29) is 5.56 Å². The Morgan fingerprint density at radius 1 is 1.21 bits per heavy atom. The molecule has 0 aliphatic rings. The molecule has 2 amide bonds. The van der Waals surface area contributed by atoms with Gasteiger partial charge in [0.25, 0.3) is 0 Å². The number of urea groups is 1. The second-order valence-electron chi connectivity index (χ2n) is 4.95. The molecule has 1 aromatic carbocycles. The zero-order chi connectivity index (χ0) is 14.6. The molecule has 0 heterocycles. The molecule has 1 rings (SSSR count). The summed E-state index contributed by atoms with van der Waals surface area (Å²) in [7, 11) is 0. The van der Waals surface area contributed by atoms with Gasteiger partial charge in [0.15, 0.2) is 11.5 Å². The number of nitrogens with zero attached hydrogens (tertiary/aromatic N) is 1. The molecule has 0 aliphatic carbocycles. The van der Waals surface area contributed by atoms with Gasteiger partial charge in [-0.3, -0.25) is 0 Å². The topological polar surface area (TPSA) is 114 Å². The SMILES string of the molecule is CC(C)(C)NC(=O)N/N=C/c1ccc(O)c(O)c1O. The largest absolute Gasteiger partial charge is 0.504 e. The lowest BCUT2D eigenvalue weighted by atomic mass is 10.1. The van der Waals surface area contributed by atoms with Crippen LogP contribution in [0.2, 0.25) is 0 Å². The van der Waals surface area contributed by atoms with Crippen LogP contribution >= 0.6 is 0 Å². The lowest BCUT2D eigenvalue weighted by molar-refractivity contribution is 0.232. The van der Waals surface area contributed by atoms with Crippen LogP contribution in [0.25, 0.3) is 0 Å². The summed E-state index contributed by atoms with van der Waals surface area (Å²) in [6.45, 7) is 5.46. The predicted octanol–water partition coefficient (Wildman–Crippen LogP) is 1.23. The number of amides is 2. The van der Waals surface area contributed by atoms with E-state index in [9.17, 15) is 15.0 Å². The molecule has 7 heteroatoms. The van der Waals surface area contributed by atoms with Crippen LogP contribution in [0.15, 0.2) is 17.2 Å². The van der Waals surface area contributed by atoms with Crippen molar-refractivity contribution in [2.24, 2.45) is 5.10 Å². The summed E-state index contributed by atoms with van der Waals surface area (Å²) in [5.74, 6) is -1.59. The Morgan fingerprint density at radius 3 is 2.42 bits per heavy atom. The molecule has 1 aromatic rings. The lowest BCUT2D eigenvalue weighted by Gasteiger charge is -2.19. The maximum Gasteiger partial charge on any atom is 0.335 e. The average molecular weight is 267 g/mol. The van der Waals surface area contributed by atoms with E-state index in [2.05, 4.69) is 15.8 Å². The number of hydrazone groups is 1. The van der Waals surface area contributed by atoms with E-state index in [4.69, 9.17) is 5.11 Å². The number of benzene rings is 1. The van der Waals surface area contributed by atoms with E-state index in [1.165, 1.54) is 12.1 Å². The zero-order valence-electron chi connectivity index (χ0n) is 10.9. The Labute approximate surface area is 110 Å². The first-order chi connectivity index (χ1) is 8.70. The second-order valence-corrected chi connectivity index (χ2v) is 4.95. The summed E-state index contributed by atoms with van der Waals surface area (Å²) in [6.07, 6.45) is 1.15. The molecule has 0 radical (unpaired) electrons. The molecule has 0 aliphatic heterocycles. The van der Waals surface area contributed by atoms with Crippen molar-refractivity contribution >= 4 is 12.2 Å². The van der Waals surface area contributed by atoms with Gasteiger partial charge >= 0.3 is 6.03 Å². The van der Waals surface area contributed by atoms with E-state index in [0.29, 0.717) is 0 Å². The summed E-state index contributed by atoms with van der Waals surface area (Å²) < 4.78 is 0. The highest BCUT2D eigenvalue weighted by molar-refractivity contribution is 5.86. The van der Waals surface area contributed by atoms with E-state index in [1.807, 2.05) is 20.8 Å². The molecular formula is C12H17N3O4. The molecule has 7 nitrogen and oxygen atoms in total. The van der Waals surface area contributed by atoms with Crippen LogP contribution in [0.4, 0.5) is 4.79 Å². The Kier molecular flexibility index (Phi) is 4.21.